The van der Waals surface area contributed by atoms with Crippen molar-refractivity contribution in [2.24, 2.45) is 0 Å². The Morgan fingerprint density at radius 3 is 3.16 bits per heavy atom. The van der Waals surface area contributed by atoms with Crippen LogP contribution in [0.2, 0.25) is 0 Å². The van der Waals surface area contributed by atoms with Gasteiger partial charge < -0.3 is 15.8 Å². The van der Waals surface area contributed by atoms with Gasteiger partial charge in [0.05, 0.1) is 12.7 Å². The maximum absolute atomic E-state index is 13.2. The van der Waals surface area contributed by atoms with Crippen LogP contribution in [0.3, 0.4) is 0 Å². The Bertz CT molecular complexity index is 434. The summed E-state index contributed by atoms with van der Waals surface area (Å²) in [5.41, 5.74) is 6.77. The Hall–Kier alpha value is -1.33. The number of nitrogens with one attached hydrogen (secondary N) is 1. The predicted octanol–water partition coefficient (Wildman–Crippen LogP) is 1.68. The molecule has 0 bridgehead atoms. The van der Waals surface area contributed by atoms with Crippen LogP contribution in [-0.4, -0.2) is 43.3 Å². The highest BCUT2D eigenvalue weighted by Crippen LogP contribution is 2.23. The number of nitrogens with two attached hydrogens (primary N) is 1. The maximum Gasteiger partial charge on any atom is 0.127 e. The quantitative estimate of drug-likeness (QED) is 0.817. The lowest BCUT2D eigenvalue weighted by Gasteiger charge is -2.35. The summed E-state index contributed by atoms with van der Waals surface area (Å²) in [5.74, 6) is -0.313. The molecule has 4 nitrogen and oxygen atoms in total. The van der Waals surface area contributed by atoms with Gasteiger partial charge in [0.2, 0.25) is 0 Å². The fourth-order valence-corrected chi connectivity index (χ4v) is 2.96. The van der Waals surface area contributed by atoms with Gasteiger partial charge in [0.25, 0.3) is 0 Å². The molecule has 0 saturated carbocycles. The fourth-order valence-electron chi connectivity index (χ4n) is 2.96. The third-order valence-corrected chi connectivity index (χ3v) is 3.92. The van der Waals surface area contributed by atoms with Crippen molar-refractivity contribution in [3.8, 4) is 0 Å². The van der Waals surface area contributed by atoms with Crippen LogP contribution in [0, 0.1) is 5.82 Å². The van der Waals surface area contributed by atoms with Crippen molar-refractivity contribution in [3.63, 3.8) is 0 Å². The van der Waals surface area contributed by atoms with Crippen LogP contribution in [0.4, 0.5) is 15.8 Å². The Morgan fingerprint density at radius 2 is 2.32 bits per heavy atom. The Kier molecular flexibility index (Phi) is 3.57. The molecule has 0 aliphatic carbocycles. The Balaban J connectivity index is 1.54. The van der Waals surface area contributed by atoms with Crippen LogP contribution >= 0.6 is 0 Å². The number of rotatable bonds is 3. The SMILES string of the molecule is Nc1cc(F)cc(NCC2CN3CCCC3CO2)c1. The molecule has 2 fully saturated rings. The second kappa shape index (κ2) is 5.35. The van der Waals surface area contributed by atoms with E-state index in [1.54, 1.807) is 6.07 Å². The van der Waals surface area contributed by atoms with E-state index in [-0.39, 0.29) is 11.9 Å². The first kappa shape index (κ1) is 12.7. The van der Waals surface area contributed by atoms with Crippen molar-refractivity contribution in [1.29, 1.82) is 0 Å². The van der Waals surface area contributed by atoms with Gasteiger partial charge in [0, 0.05) is 30.5 Å². The van der Waals surface area contributed by atoms with E-state index in [9.17, 15) is 4.39 Å². The lowest BCUT2D eigenvalue weighted by Crippen LogP contribution is -2.48. The third kappa shape index (κ3) is 2.98. The van der Waals surface area contributed by atoms with Gasteiger partial charge in [-0.25, -0.2) is 4.39 Å². The van der Waals surface area contributed by atoms with Crippen molar-refractivity contribution in [2.75, 3.05) is 37.3 Å². The highest BCUT2D eigenvalue weighted by Gasteiger charge is 2.31. The smallest absolute Gasteiger partial charge is 0.127 e. The second-order valence-electron chi connectivity index (χ2n) is 5.40. The molecular formula is C14H20FN3O. The van der Waals surface area contributed by atoms with Crippen LogP contribution in [0.5, 0.6) is 0 Å². The number of benzene rings is 1. The Labute approximate surface area is 112 Å². The predicted molar refractivity (Wildman–Crippen MR) is 73.6 cm³/mol. The number of anilines is 2. The molecule has 1 aromatic rings. The molecule has 2 aliphatic rings. The number of nitrogens with zero attached hydrogens (tertiary/aromatic N) is 1. The molecule has 2 atom stereocenters. The molecule has 104 valence electrons. The zero-order valence-electron chi connectivity index (χ0n) is 10.9. The number of hydrogen-bond acceptors (Lipinski definition) is 4. The minimum absolute atomic E-state index is 0.166. The van der Waals surface area contributed by atoms with Crippen LogP contribution in [0.1, 0.15) is 12.8 Å². The number of nitrogen functional groups attached to an aromatic ring is 1. The van der Waals surface area contributed by atoms with E-state index < -0.39 is 0 Å². The summed E-state index contributed by atoms with van der Waals surface area (Å²) in [4.78, 5) is 2.50. The molecule has 3 rings (SSSR count). The van der Waals surface area contributed by atoms with Crippen molar-refractivity contribution in [2.45, 2.75) is 25.0 Å². The standard InChI is InChI=1S/C14H20FN3O/c15-10-4-11(16)6-12(5-10)17-7-14-8-18-3-1-2-13(18)9-19-14/h4-6,13-14,17H,1-3,7-9,16H2. The van der Waals surface area contributed by atoms with E-state index in [1.807, 2.05) is 0 Å². The van der Waals surface area contributed by atoms with Crippen molar-refractivity contribution in [1.82, 2.24) is 4.90 Å². The van der Waals surface area contributed by atoms with Crippen LogP contribution in [-0.2, 0) is 4.74 Å². The zero-order valence-corrected chi connectivity index (χ0v) is 10.9. The summed E-state index contributed by atoms with van der Waals surface area (Å²) in [5, 5.41) is 3.20. The number of fused-ring (bicyclic) bond motifs is 1. The normalized spacial score (nSPS) is 27.2. The molecule has 1 aromatic carbocycles. The molecule has 2 unspecified atom stereocenters. The summed E-state index contributed by atoms with van der Waals surface area (Å²) < 4.78 is 19.1. The fraction of sp³-hybridized carbons (Fsp3) is 0.571. The van der Waals surface area contributed by atoms with E-state index in [0.717, 1.165) is 13.2 Å². The van der Waals surface area contributed by atoms with E-state index in [1.165, 1.54) is 31.5 Å². The van der Waals surface area contributed by atoms with Gasteiger partial charge in [0.1, 0.15) is 5.82 Å². The van der Waals surface area contributed by atoms with E-state index >= 15 is 0 Å². The summed E-state index contributed by atoms with van der Waals surface area (Å²) >= 11 is 0. The van der Waals surface area contributed by atoms with Gasteiger partial charge in [-0.15, -0.1) is 0 Å². The second-order valence-corrected chi connectivity index (χ2v) is 5.40. The van der Waals surface area contributed by atoms with Gasteiger partial charge in [-0.05, 0) is 37.6 Å². The van der Waals surface area contributed by atoms with E-state index in [2.05, 4.69) is 10.2 Å². The average molecular weight is 265 g/mol. The molecule has 0 aromatic heterocycles. The number of morpholine rings is 1. The van der Waals surface area contributed by atoms with Crippen LogP contribution in [0.25, 0.3) is 0 Å². The highest BCUT2D eigenvalue weighted by molar-refractivity contribution is 5.54. The van der Waals surface area contributed by atoms with Crippen LogP contribution in [0.15, 0.2) is 18.2 Å². The topological polar surface area (TPSA) is 50.5 Å². The molecule has 19 heavy (non-hydrogen) atoms. The molecule has 3 N–H and O–H groups in total. The van der Waals surface area contributed by atoms with Crippen molar-refractivity contribution in [3.05, 3.63) is 24.0 Å². The lowest BCUT2D eigenvalue weighted by molar-refractivity contribution is -0.0415. The minimum atomic E-state index is -0.313. The zero-order chi connectivity index (χ0) is 13.2. The molecule has 5 heteroatoms. The van der Waals surface area contributed by atoms with Crippen molar-refractivity contribution < 1.29 is 9.13 Å². The largest absolute Gasteiger partial charge is 0.399 e. The summed E-state index contributed by atoms with van der Waals surface area (Å²) in [7, 11) is 0. The average Bonchev–Trinajstić information content (AvgIpc) is 2.82. The monoisotopic (exact) mass is 265 g/mol. The van der Waals surface area contributed by atoms with Gasteiger partial charge >= 0.3 is 0 Å². The molecule has 2 saturated heterocycles. The number of hydrogen-bond donors (Lipinski definition) is 2. The van der Waals surface area contributed by atoms with E-state index in [0.29, 0.717) is 24.0 Å². The lowest BCUT2D eigenvalue weighted by atomic mass is 10.2. The van der Waals surface area contributed by atoms with Crippen molar-refractivity contribution >= 4 is 11.4 Å². The molecule has 2 aliphatic heterocycles. The molecule has 0 radical (unpaired) electrons. The first-order chi connectivity index (χ1) is 9.20. The minimum Gasteiger partial charge on any atom is -0.399 e. The highest BCUT2D eigenvalue weighted by atomic mass is 19.1. The molecular weight excluding hydrogens is 245 g/mol. The third-order valence-electron chi connectivity index (χ3n) is 3.92. The molecule has 2 heterocycles. The maximum atomic E-state index is 13.2. The van der Waals surface area contributed by atoms with Crippen LogP contribution < -0.4 is 11.1 Å². The van der Waals surface area contributed by atoms with Gasteiger partial charge in [-0.2, -0.15) is 0 Å². The van der Waals surface area contributed by atoms with Gasteiger partial charge in [-0.3, -0.25) is 4.90 Å². The molecule has 0 spiro atoms. The van der Waals surface area contributed by atoms with E-state index in [4.69, 9.17) is 10.5 Å². The summed E-state index contributed by atoms with van der Waals surface area (Å²) in [6.07, 6.45) is 2.69. The van der Waals surface area contributed by atoms with Gasteiger partial charge in [0.15, 0.2) is 0 Å². The first-order valence-corrected chi connectivity index (χ1v) is 6.86. The number of ether oxygens (including phenoxy) is 1. The molecule has 0 amide bonds. The Morgan fingerprint density at radius 1 is 1.42 bits per heavy atom. The number of halogens is 1. The summed E-state index contributed by atoms with van der Waals surface area (Å²) in [6.45, 7) is 3.64. The van der Waals surface area contributed by atoms with Gasteiger partial charge in [-0.1, -0.05) is 0 Å². The first-order valence-electron chi connectivity index (χ1n) is 6.86. The summed E-state index contributed by atoms with van der Waals surface area (Å²) in [6, 6.07) is 5.13.